The molecule has 0 saturated heterocycles. The molecule has 6 nitrogen and oxygen atoms in total. The molecule has 0 saturated carbocycles. The molecule has 4 N–H and O–H groups in total. The predicted molar refractivity (Wildman–Crippen MR) is 108 cm³/mol. The Morgan fingerprint density at radius 3 is 1.56 bits per heavy atom. The number of hydrogen-bond donors (Lipinski definition) is 3. The lowest BCUT2D eigenvalue weighted by molar-refractivity contribution is 0.559. The molecule has 25 heavy (non-hydrogen) atoms. The van der Waals surface area contributed by atoms with Crippen LogP contribution in [0.25, 0.3) is 0 Å². The Balaban J connectivity index is 2.07. The summed E-state index contributed by atoms with van der Waals surface area (Å²) in [4.78, 5) is 12.6. The van der Waals surface area contributed by atoms with Gasteiger partial charge in [0.1, 0.15) is 0 Å². The number of nitrogen functional groups attached to an aromatic ring is 1. The Morgan fingerprint density at radius 1 is 0.600 bits per heavy atom. The maximum absolute atomic E-state index is 5.75. The first-order valence-electron chi connectivity index (χ1n) is 10.3. The topological polar surface area (TPSA) is 88.8 Å². The van der Waals surface area contributed by atoms with Gasteiger partial charge in [0, 0.05) is 13.1 Å². The number of rotatable bonds is 16. The fourth-order valence-electron chi connectivity index (χ4n) is 2.74. The molecule has 1 aromatic heterocycles. The van der Waals surface area contributed by atoms with Gasteiger partial charge in [-0.1, -0.05) is 78.1 Å². The highest BCUT2D eigenvalue weighted by Gasteiger charge is 2.03. The Labute approximate surface area is 153 Å². The molecule has 0 fully saturated rings. The first kappa shape index (κ1) is 21.5. The molecule has 144 valence electrons. The number of unbranched alkanes of at least 4 members (excludes halogenated alkanes) is 10. The van der Waals surface area contributed by atoms with Crippen molar-refractivity contribution in [1.29, 1.82) is 0 Å². The van der Waals surface area contributed by atoms with E-state index in [-0.39, 0.29) is 5.95 Å². The lowest BCUT2D eigenvalue weighted by atomic mass is 10.1. The largest absolute Gasteiger partial charge is 0.368 e. The lowest BCUT2D eigenvalue weighted by Crippen LogP contribution is -2.12. The second kappa shape index (κ2) is 14.7. The van der Waals surface area contributed by atoms with Gasteiger partial charge in [-0.15, -0.1) is 0 Å². The molecule has 0 aliphatic heterocycles. The molecule has 0 aliphatic carbocycles. The molecular weight excluding hydrogens is 312 g/mol. The lowest BCUT2D eigenvalue weighted by Gasteiger charge is -2.08. The van der Waals surface area contributed by atoms with Crippen molar-refractivity contribution < 1.29 is 0 Å². The molecule has 1 heterocycles. The molecule has 1 aromatic rings. The van der Waals surface area contributed by atoms with E-state index in [1.54, 1.807) is 0 Å². The minimum atomic E-state index is 0.263. The van der Waals surface area contributed by atoms with Crippen LogP contribution in [0, 0.1) is 0 Å². The van der Waals surface area contributed by atoms with Crippen molar-refractivity contribution in [2.45, 2.75) is 90.9 Å². The van der Waals surface area contributed by atoms with Gasteiger partial charge < -0.3 is 16.4 Å². The standard InChI is InChI=1S/C19H38N6/c1-3-5-7-8-9-10-11-12-13-14-16-22-19-24-17(20)23-18(25-19)21-15-6-4-2/h3-16H2,1-2H3,(H4,20,21,22,23,24,25). The van der Waals surface area contributed by atoms with E-state index in [0.717, 1.165) is 32.4 Å². The zero-order valence-corrected chi connectivity index (χ0v) is 16.3. The molecule has 0 aromatic carbocycles. The average molecular weight is 351 g/mol. The third-order valence-electron chi connectivity index (χ3n) is 4.28. The van der Waals surface area contributed by atoms with Crippen molar-refractivity contribution in [3.63, 3.8) is 0 Å². The second-order valence-electron chi connectivity index (χ2n) is 6.73. The van der Waals surface area contributed by atoms with Gasteiger partial charge >= 0.3 is 0 Å². The third-order valence-corrected chi connectivity index (χ3v) is 4.28. The first-order chi connectivity index (χ1) is 12.3. The van der Waals surface area contributed by atoms with Crippen LogP contribution in [0.3, 0.4) is 0 Å². The Hall–Kier alpha value is -1.59. The summed E-state index contributed by atoms with van der Waals surface area (Å²) in [5, 5.41) is 6.45. The number of hydrogen-bond acceptors (Lipinski definition) is 6. The normalized spacial score (nSPS) is 10.8. The van der Waals surface area contributed by atoms with Crippen LogP contribution in [0.1, 0.15) is 90.9 Å². The smallest absolute Gasteiger partial charge is 0.229 e. The Kier molecular flexibility index (Phi) is 12.6. The summed E-state index contributed by atoms with van der Waals surface area (Å²) in [7, 11) is 0. The summed E-state index contributed by atoms with van der Waals surface area (Å²) in [5.41, 5.74) is 5.75. The van der Waals surface area contributed by atoms with Crippen molar-refractivity contribution in [3.05, 3.63) is 0 Å². The van der Waals surface area contributed by atoms with Crippen LogP contribution in [0.2, 0.25) is 0 Å². The molecule has 0 amide bonds. The van der Waals surface area contributed by atoms with E-state index in [4.69, 9.17) is 5.73 Å². The summed E-state index contributed by atoms with van der Waals surface area (Å²) in [6.07, 6.45) is 15.6. The molecule has 0 bridgehead atoms. The van der Waals surface area contributed by atoms with Crippen LogP contribution in [0.4, 0.5) is 17.8 Å². The van der Waals surface area contributed by atoms with Crippen LogP contribution in [0.15, 0.2) is 0 Å². The average Bonchev–Trinajstić information content (AvgIpc) is 2.59. The molecular formula is C19H38N6. The van der Waals surface area contributed by atoms with Gasteiger partial charge in [-0.3, -0.25) is 0 Å². The van der Waals surface area contributed by atoms with Gasteiger partial charge in [0.2, 0.25) is 17.8 Å². The van der Waals surface area contributed by atoms with E-state index in [1.165, 1.54) is 57.8 Å². The molecule has 0 spiro atoms. The minimum Gasteiger partial charge on any atom is -0.368 e. The van der Waals surface area contributed by atoms with Crippen LogP contribution in [-0.2, 0) is 0 Å². The summed E-state index contributed by atoms with van der Waals surface area (Å²) in [5.74, 6) is 1.40. The van der Waals surface area contributed by atoms with Crippen molar-refractivity contribution in [2.24, 2.45) is 0 Å². The van der Waals surface area contributed by atoms with Crippen molar-refractivity contribution in [1.82, 2.24) is 15.0 Å². The molecule has 0 unspecified atom stereocenters. The summed E-state index contributed by atoms with van der Waals surface area (Å²) >= 11 is 0. The quantitative estimate of drug-likeness (QED) is 0.364. The van der Waals surface area contributed by atoms with Crippen LogP contribution in [-0.4, -0.2) is 28.0 Å². The van der Waals surface area contributed by atoms with E-state index >= 15 is 0 Å². The SMILES string of the molecule is CCCCCCCCCCCCNc1nc(N)nc(NCCCC)n1. The third kappa shape index (κ3) is 11.6. The number of anilines is 3. The zero-order chi connectivity index (χ0) is 18.2. The number of nitrogens with zero attached hydrogens (tertiary/aromatic N) is 3. The molecule has 0 aliphatic rings. The highest BCUT2D eigenvalue weighted by molar-refractivity contribution is 5.39. The molecule has 0 atom stereocenters. The summed E-state index contributed by atoms with van der Waals surface area (Å²) in [6, 6.07) is 0. The maximum Gasteiger partial charge on any atom is 0.229 e. The maximum atomic E-state index is 5.75. The second-order valence-corrected chi connectivity index (χ2v) is 6.73. The van der Waals surface area contributed by atoms with Gasteiger partial charge in [-0.2, -0.15) is 15.0 Å². The van der Waals surface area contributed by atoms with Crippen LogP contribution >= 0.6 is 0 Å². The predicted octanol–water partition coefficient (Wildman–Crippen LogP) is 5.00. The minimum absolute atomic E-state index is 0.263. The van der Waals surface area contributed by atoms with Gasteiger partial charge in [-0.25, -0.2) is 0 Å². The van der Waals surface area contributed by atoms with Crippen LogP contribution < -0.4 is 16.4 Å². The van der Waals surface area contributed by atoms with Crippen molar-refractivity contribution in [3.8, 4) is 0 Å². The van der Waals surface area contributed by atoms with E-state index < -0.39 is 0 Å². The van der Waals surface area contributed by atoms with E-state index in [9.17, 15) is 0 Å². The van der Waals surface area contributed by atoms with Gasteiger partial charge in [0.25, 0.3) is 0 Å². The van der Waals surface area contributed by atoms with E-state index in [0.29, 0.717) is 11.9 Å². The Bertz CT molecular complexity index is 438. The van der Waals surface area contributed by atoms with Gasteiger partial charge in [0.05, 0.1) is 0 Å². The molecule has 6 heteroatoms. The fourth-order valence-corrected chi connectivity index (χ4v) is 2.74. The Morgan fingerprint density at radius 2 is 1.04 bits per heavy atom. The number of nitrogens with two attached hydrogens (primary N) is 1. The zero-order valence-electron chi connectivity index (χ0n) is 16.3. The van der Waals surface area contributed by atoms with Gasteiger partial charge in [0.15, 0.2) is 0 Å². The van der Waals surface area contributed by atoms with Gasteiger partial charge in [-0.05, 0) is 12.8 Å². The number of nitrogens with one attached hydrogen (secondary N) is 2. The van der Waals surface area contributed by atoms with E-state index in [1.807, 2.05) is 0 Å². The van der Waals surface area contributed by atoms with Crippen LogP contribution in [0.5, 0.6) is 0 Å². The first-order valence-corrected chi connectivity index (χ1v) is 10.3. The van der Waals surface area contributed by atoms with E-state index in [2.05, 4.69) is 39.4 Å². The summed E-state index contributed by atoms with van der Waals surface area (Å²) < 4.78 is 0. The van der Waals surface area contributed by atoms with Crippen molar-refractivity contribution in [2.75, 3.05) is 29.5 Å². The monoisotopic (exact) mass is 350 g/mol. The summed E-state index contributed by atoms with van der Waals surface area (Å²) in [6.45, 7) is 6.16. The van der Waals surface area contributed by atoms with Crippen molar-refractivity contribution >= 4 is 17.8 Å². The molecule has 1 rings (SSSR count). The highest BCUT2D eigenvalue weighted by Crippen LogP contribution is 2.11. The highest BCUT2D eigenvalue weighted by atomic mass is 15.2. The molecule has 0 radical (unpaired) electrons. The number of aromatic nitrogens is 3. The fraction of sp³-hybridized carbons (Fsp3) is 0.842.